The number of carbonyl (C=O) groups is 1. The van der Waals surface area contributed by atoms with Crippen molar-refractivity contribution < 1.29 is 44.3 Å². The Kier molecular flexibility index (Phi) is 4.25. The molecule has 0 radical (unpaired) electrons. The maximum atomic E-state index is 12.6. The predicted molar refractivity (Wildman–Crippen MR) is 51.6 cm³/mol. The smallest absolute Gasteiger partial charge is 0.276 e. The van der Waals surface area contributed by atoms with Gasteiger partial charge in [0.05, 0.1) is 16.7 Å². The number of alkyl halides is 9. The summed E-state index contributed by atoms with van der Waals surface area (Å²) in [6.07, 6.45) is -17.4. The number of halogens is 10. The van der Waals surface area contributed by atoms with E-state index in [4.69, 9.17) is 11.6 Å². The molecule has 1 aromatic rings. The largest absolute Gasteiger partial charge is 0.417 e. The van der Waals surface area contributed by atoms with Crippen LogP contribution in [0, 0.1) is 0 Å². The fourth-order valence-corrected chi connectivity index (χ4v) is 1.62. The molecule has 0 unspecified atom stereocenters. The Morgan fingerprint density at radius 1 is 0.762 bits per heavy atom. The van der Waals surface area contributed by atoms with E-state index in [2.05, 4.69) is 0 Å². The molecular weight excluding hydrogens is 343 g/mol. The van der Waals surface area contributed by atoms with E-state index in [-0.39, 0.29) is 12.1 Å². The Balaban J connectivity index is 3.93. The highest BCUT2D eigenvalue weighted by atomic mass is 35.5. The molecular formula is C10H2ClF9O. The van der Waals surface area contributed by atoms with E-state index < -0.39 is 46.0 Å². The molecule has 21 heavy (non-hydrogen) atoms. The van der Waals surface area contributed by atoms with Crippen LogP contribution in [0.2, 0.25) is 0 Å². The fourth-order valence-electron chi connectivity index (χ4n) is 1.51. The van der Waals surface area contributed by atoms with Gasteiger partial charge in [0.2, 0.25) is 0 Å². The molecule has 0 aliphatic carbocycles. The maximum Gasteiger partial charge on any atom is 0.417 e. The zero-order valence-electron chi connectivity index (χ0n) is 9.34. The van der Waals surface area contributed by atoms with Crippen molar-refractivity contribution in [1.29, 1.82) is 0 Å². The zero-order chi connectivity index (χ0) is 16.8. The molecule has 0 bridgehead atoms. The molecule has 0 saturated heterocycles. The molecule has 1 nitrogen and oxygen atoms in total. The number of benzene rings is 1. The van der Waals surface area contributed by atoms with Crippen molar-refractivity contribution in [3.63, 3.8) is 0 Å². The minimum atomic E-state index is -5.93. The number of rotatable bonds is 1. The minimum Gasteiger partial charge on any atom is -0.276 e. The molecule has 0 atom stereocenters. The summed E-state index contributed by atoms with van der Waals surface area (Å²) in [4.78, 5) is 10.7. The normalized spacial score (nSPS) is 13.4. The lowest BCUT2D eigenvalue weighted by Crippen LogP contribution is -2.24. The molecule has 0 heterocycles. The molecule has 11 heteroatoms. The second-order valence-corrected chi connectivity index (χ2v) is 4.06. The Hall–Kier alpha value is -1.45. The van der Waals surface area contributed by atoms with Crippen LogP contribution in [0.3, 0.4) is 0 Å². The van der Waals surface area contributed by atoms with Gasteiger partial charge in [-0.25, -0.2) is 0 Å². The fraction of sp³-hybridized carbons (Fsp3) is 0.300. The molecule has 0 fully saturated rings. The van der Waals surface area contributed by atoms with E-state index in [1.165, 1.54) is 0 Å². The SMILES string of the molecule is O=C(Cl)c1cc(C(F)(F)F)c(C(F)(F)F)c(C(F)(F)F)c1. The van der Waals surface area contributed by atoms with Crippen molar-refractivity contribution in [1.82, 2.24) is 0 Å². The summed E-state index contributed by atoms with van der Waals surface area (Å²) in [5.74, 6) is 0. The quantitative estimate of drug-likeness (QED) is 0.510. The lowest BCUT2D eigenvalue weighted by atomic mass is 9.96. The second-order valence-electron chi connectivity index (χ2n) is 3.71. The van der Waals surface area contributed by atoms with Gasteiger partial charge in [0.25, 0.3) is 5.24 Å². The van der Waals surface area contributed by atoms with Crippen LogP contribution in [-0.2, 0) is 18.5 Å². The molecule has 0 amide bonds. The maximum absolute atomic E-state index is 12.6. The number of carbonyl (C=O) groups excluding carboxylic acids is 1. The standard InChI is InChI=1S/C10H2ClF9O/c11-7(21)3-1-4(8(12,13)14)6(10(18,19)20)5(2-3)9(15,16)17/h1-2H. The highest BCUT2D eigenvalue weighted by Crippen LogP contribution is 2.47. The van der Waals surface area contributed by atoms with Crippen LogP contribution in [-0.4, -0.2) is 5.24 Å². The van der Waals surface area contributed by atoms with Crippen molar-refractivity contribution in [2.24, 2.45) is 0 Å². The van der Waals surface area contributed by atoms with Crippen molar-refractivity contribution in [3.05, 3.63) is 34.4 Å². The third-order valence-electron chi connectivity index (χ3n) is 2.26. The van der Waals surface area contributed by atoms with Gasteiger partial charge in [0.15, 0.2) is 0 Å². The van der Waals surface area contributed by atoms with Gasteiger partial charge in [0.1, 0.15) is 0 Å². The highest BCUT2D eigenvalue weighted by molar-refractivity contribution is 6.67. The van der Waals surface area contributed by atoms with Crippen LogP contribution >= 0.6 is 11.6 Å². The molecule has 0 N–H and O–H groups in total. The highest BCUT2D eigenvalue weighted by Gasteiger charge is 2.50. The van der Waals surface area contributed by atoms with E-state index >= 15 is 0 Å². The van der Waals surface area contributed by atoms with Crippen molar-refractivity contribution in [2.45, 2.75) is 18.5 Å². The van der Waals surface area contributed by atoms with E-state index in [0.29, 0.717) is 0 Å². The average Bonchev–Trinajstić information content (AvgIpc) is 2.23. The predicted octanol–water partition coefficient (Wildman–Crippen LogP) is 5.12. The minimum absolute atomic E-state index is 0.368. The van der Waals surface area contributed by atoms with Gasteiger partial charge in [0, 0.05) is 5.56 Å². The van der Waals surface area contributed by atoms with Gasteiger partial charge in [-0.2, -0.15) is 39.5 Å². The van der Waals surface area contributed by atoms with E-state index in [0.717, 1.165) is 0 Å². The number of hydrogen-bond acceptors (Lipinski definition) is 1. The first-order chi connectivity index (χ1) is 9.15. The summed E-state index contributed by atoms with van der Waals surface area (Å²) in [7, 11) is 0. The molecule has 1 rings (SSSR count). The Bertz CT molecular complexity index is 532. The van der Waals surface area contributed by atoms with Gasteiger partial charge in [-0.05, 0) is 23.7 Å². The lowest BCUT2D eigenvalue weighted by molar-refractivity contribution is -0.174. The number of hydrogen-bond donors (Lipinski definition) is 0. The molecule has 0 aromatic heterocycles. The molecule has 1 aromatic carbocycles. The molecule has 0 aliphatic rings. The van der Waals surface area contributed by atoms with Crippen LogP contribution in [0.1, 0.15) is 27.0 Å². The van der Waals surface area contributed by atoms with E-state index in [1.807, 2.05) is 0 Å². The third kappa shape index (κ3) is 3.80. The molecule has 0 saturated carbocycles. The van der Waals surface area contributed by atoms with E-state index in [9.17, 15) is 44.3 Å². The Morgan fingerprint density at radius 3 is 1.29 bits per heavy atom. The monoisotopic (exact) mass is 344 g/mol. The van der Waals surface area contributed by atoms with Crippen LogP contribution in [0.15, 0.2) is 12.1 Å². The summed E-state index contributed by atoms with van der Waals surface area (Å²) in [5, 5.41) is -1.75. The van der Waals surface area contributed by atoms with Crippen LogP contribution in [0.4, 0.5) is 39.5 Å². The first-order valence-electron chi connectivity index (χ1n) is 4.75. The second kappa shape index (κ2) is 5.08. The summed E-state index contributed by atoms with van der Waals surface area (Å²) in [6.45, 7) is 0. The molecule has 118 valence electrons. The summed E-state index contributed by atoms with van der Waals surface area (Å²) in [5.41, 5.74) is -9.52. The first kappa shape index (κ1) is 17.6. The van der Waals surface area contributed by atoms with Crippen molar-refractivity contribution in [2.75, 3.05) is 0 Å². The van der Waals surface area contributed by atoms with Gasteiger partial charge >= 0.3 is 18.5 Å². The van der Waals surface area contributed by atoms with Crippen LogP contribution < -0.4 is 0 Å². The van der Waals surface area contributed by atoms with Gasteiger partial charge in [-0.1, -0.05) is 0 Å². The van der Waals surface area contributed by atoms with Crippen LogP contribution in [0.5, 0.6) is 0 Å². The van der Waals surface area contributed by atoms with Gasteiger partial charge in [-0.15, -0.1) is 0 Å². The summed E-state index contributed by atoms with van der Waals surface area (Å²) < 4.78 is 113. The van der Waals surface area contributed by atoms with Crippen molar-refractivity contribution >= 4 is 16.8 Å². The van der Waals surface area contributed by atoms with Gasteiger partial charge < -0.3 is 0 Å². The van der Waals surface area contributed by atoms with Crippen molar-refractivity contribution in [3.8, 4) is 0 Å². The zero-order valence-corrected chi connectivity index (χ0v) is 10.1. The first-order valence-corrected chi connectivity index (χ1v) is 5.13. The van der Waals surface area contributed by atoms with Crippen LogP contribution in [0.25, 0.3) is 0 Å². The molecule has 0 spiro atoms. The third-order valence-corrected chi connectivity index (χ3v) is 2.48. The van der Waals surface area contributed by atoms with E-state index in [1.54, 1.807) is 0 Å². The summed E-state index contributed by atoms with van der Waals surface area (Å²) in [6, 6.07) is -0.735. The lowest BCUT2D eigenvalue weighted by Gasteiger charge is -2.21. The average molecular weight is 345 g/mol. The Morgan fingerprint density at radius 2 is 1.10 bits per heavy atom. The molecule has 0 aliphatic heterocycles. The van der Waals surface area contributed by atoms with Gasteiger partial charge in [-0.3, -0.25) is 4.79 Å². The topological polar surface area (TPSA) is 17.1 Å². The Labute approximate surface area is 115 Å². The summed E-state index contributed by atoms with van der Waals surface area (Å²) >= 11 is 4.76.